The zero-order chi connectivity index (χ0) is 39.2. The first kappa shape index (κ1) is 36.7. The van der Waals surface area contributed by atoms with E-state index in [1.807, 2.05) is 27.7 Å². The summed E-state index contributed by atoms with van der Waals surface area (Å²) >= 11 is 0. The molecule has 0 heterocycles. The molecule has 4 aromatic carbocycles. The minimum absolute atomic E-state index is 0.0255. The summed E-state index contributed by atoms with van der Waals surface area (Å²) in [5.74, 6) is -3.56. The van der Waals surface area contributed by atoms with Gasteiger partial charge < -0.3 is 31.1 Å². The highest BCUT2D eigenvalue weighted by atomic mass is 16.3. The quantitative estimate of drug-likeness (QED) is 0.101. The van der Waals surface area contributed by atoms with Crippen LogP contribution in [0.2, 0.25) is 0 Å². The lowest BCUT2D eigenvalue weighted by Gasteiger charge is -2.29. The van der Waals surface area contributed by atoms with E-state index < -0.39 is 23.1 Å². The summed E-state index contributed by atoms with van der Waals surface area (Å²) in [6, 6.07) is 20.7. The number of phenols is 2. The molecule has 10 nitrogen and oxygen atoms in total. The highest BCUT2D eigenvalue weighted by Gasteiger charge is 2.38. The van der Waals surface area contributed by atoms with E-state index in [0.717, 1.165) is 0 Å². The molecule has 0 amide bonds. The van der Waals surface area contributed by atoms with Crippen LogP contribution in [0.15, 0.2) is 84.6 Å². The van der Waals surface area contributed by atoms with Crippen molar-refractivity contribution >= 4 is 45.2 Å². The number of nitrogens with one attached hydrogen (secondary N) is 2. The van der Waals surface area contributed by atoms with Gasteiger partial charge in [0.05, 0.1) is 34.4 Å². The lowest BCUT2D eigenvalue weighted by molar-refractivity contribution is -0.113. The van der Waals surface area contributed by atoms with Gasteiger partial charge in [0.2, 0.25) is 11.6 Å². The number of phenolic OH excluding ortho intramolecular Hbond substituents is 2. The van der Waals surface area contributed by atoms with Crippen molar-refractivity contribution in [2.24, 2.45) is 11.8 Å². The first-order valence-electron chi connectivity index (χ1n) is 17.3. The molecule has 0 radical (unpaired) electrons. The Hall–Kier alpha value is -7.04. The number of benzene rings is 4. The molecule has 0 spiro atoms. The molecule has 0 aromatic heterocycles. The molecule has 6 N–H and O–H groups in total. The predicted octanol–water partition coefficient (Wildman–Crippen LogP) is 9.05. The lowest BCUT2D eigenvalue weighted by atomic mass is 9.75. The number of carbonyl (C=O) groups is 2. The molecule has 0 saturated carbocycles. The van der Waals surface area contributed by atoms with Crippen molar-refractivity contribution in [1.29, 1.82) is 10.5 Å². The van der Waals surface area contributed by atoms with Crippen LogP contribution in [0.1, 0.15) is 72.2 Å². The molecule has 54 heavy (non-hydrogen) atoms. The van der Waals surface area contributed by atoms with E-state index in [9.17, 15) is 40.5 Å². The van der Waals surface area contributed by atoms with E-state index in [-0.39, 0.29) is 56.7 Å². The van der Waals surface area contributed by atoms with Gasteiger partial charge in [-0.05, 0) is 96.5 Å². The number of nitrogens with zero attached hydrogens (tertiary/aromatic N) is 2. The van der Waals surface area contributed by atoms with Crippen molar-refractivity contribution in [2.75, 3.05) is 10.6 Å². The number of aromatic hydroxyl groups is 2. The van der Waals surface area contributed by atoms with Crippen LogP contribution in [0, 0.1) is 48.3 Å². The first-order chi connectivity index (χ1) is 25.7. The van der Waals surface area contributed by atoms with Crippen LogP contribution < -0.4 is 10.6 Å². The lowest BCUT2D eigenvalue weighted by Crippen LogP contribution is -2.20. The smallest absolute Gasteiger partial charge is 0.229 e. The highest BCUT2D eigenvalue weighted by molar-refractivity contribution is 6.35. The Morgan fingerprint density at radius 3 is 1.20 bits per heavy atom. The number of Topliss-reactive ketones (excluding diaryl/α,β-unsaturated/α-hetero) is 2. The molecule has 4 aromatic rings. The van der Waals surface area contributed by atoms with Gasteiger partial charge in [-0.1, -0.05) is 39.8 Å². The molecule has 0 saturated heterocycles. The summed E-state index contributed by atoms with van der Waals surface area (Å²) in [4.78, 5) is 27.7. The van der Waals surface area contributed by atoms with E-state index >= 15 is 0 Å². The molecule has 0 bridgehead atoms. The Morgan fingerprint density at radius 2 is 0.907 bits per heavy atom. The Bertz CT molecular complexity index is 2310. The topological polar surface area (TPSA) is 187 Å². The van der Waals surface area contributed by atoms with E-state index in [0.29, 0.717) is 55.9 Å². The third kappa shape index (κ3) is 6.14. The largest absolute Gasteiger partial charge is 0.507 e. The second-order valence-corrected chi connectivity index (χ2v) is 14.0. The molecular formula is C44H38N4O6. The third-order valence-electron chi connectivity index (χ3n) is 9.74. The maximum atomic E-state index is 13.9. The summed E-state index contributed by atoms with van der Waals surface area (Å²) in [6.07, 6.45) is 2.79. The fourth-order valence-corrected chi connectivity index (χ4v) is 7.22. The van der Waals surface area contributed by atoms with Gasteiger partial charge in [-0.15, -0.1) is 0 Å². The van der Waals surface area contributed by atoms with Crippen LogP contribution in [0.4, 0.5) is 11.4 Å². The number of hydrogen-bond acceptors (Lipinski definition) is 10. The van der Waals surface area contributed by atoms with Gasteiger partial charge in [-0.25, -0.2) is 0 Å². The van der Waals surface area contributed by atoms with Gasteiger partial charge in [-0.3, -0.25) is 9.59 Å². The van der Waals surface area contributed by atoms with Crippen LogP contribution in [-0.2, 0) is 9.59 Å². The number of hydrogen-bond donors (Lipinski definition) is 6. The SMILES string of the molecule is Cc1cc2c(c(O)c1-c1c(C)cc3c(c1O)C(=CNc1ccc(C#N)cc1)C(=O)C(O)=C3C(C)C)C(=CNc1ccc(C#N)cc1)C(=O)C(O)=C2C(C)C. The molecule has 0 fully saturated rings. The number of aryl methyl sites for hydroxylation is 2. The Balaban J connectivity index is 1.60. The molecule has 0 aliphatic heterocycles. The number of fused-ring (bicyclic) bond motifs is 2. The zero-order valence-electron chi connectivity index (χ0n) is 30.6. The van der Waals surface area contributed by atoms with Gasteiger partial charge >= 0.3 is 0 Å². The van der Waals surface area contributed by atoms with Crippen LogP contribution in [0.25, 0.3) is 33.4 Å². The van der Waals surface area contributed by atoms with Gasteiger partial charge in [0.15, 0.2) is 11.5 Å². The van der Waals surface area contributed by atoms with Crippen molar-refractivity contribution in [2.45, 2.75) is 41.5 Å². The number of ketones is 2. The second kappa shape index (κ2) is 14.2. The zero-order valence-corrected chi connectivity index (χ0v) is 30.6. The van der Waals surface area contributed by atoms with Crippen molar-refractivity contribution < 1.29 is 30.0 Å². The van der Waals surface area contributed by atoms with E-state index in [4.69, 9.17) is 0 Å². The predicted molar refractivity (Wildman–Crippen MR) is 209 cm³/mol. The minimum atomic E-state index is -0.712. The van der Waals surface area contributed by atoms with E-state index in [1.165, 1.54) is 12.4 Å². The molecule has 270 valence electrons. The van der Waals surface area contributed by atoms with Gasteiger partial charge in [-0.2, -0.15) is 10.5 Å². The summed E-state index contributed by atoms with van der Waals surface area (Å²) in [5, 5.41) is 71.5. The Labute approximate surface area is 313 Å². The molecular weight excluding hydrogens is 681 g/mol. The van der Waals surface area contributed by atoms with E-state index in [1.54, 1.807) is 74.5 Å². The van der Waals surface area contributed by atoms with Gasteiger partial charge in [0.25, 0.3) is 0 Å². The standard InChI is InChI=1S/C44H38N4O6/c1-21(2)33-29-15-23(5)35(41(51)37(29)31(39(49)43(33)53)19-47-27-11-7-25(17-45)8-12-27)36-24(6)16-30-34(22(3)4)44(54)40(50)32(38(30)42(36)52)20-48-28-13-9-26(18-46)10-14-28/h7-16,19-22,47-48,51-54H,1-6H3. The Kier molecular flexibility index (Phi) is 9.64. The number of allylic oxidation sites excluding steroid dienone is 4. The normalized spacial score (nSPS) is 15.4. The molecule has 6 rings (SSSR count). The molecule has 2 aliphatic rings. The number of rotatable bonds is 7. The Morgan fingerprint density at radius 1 is 0.574 bits per heavy atom. The average Bonchev–Trinajstić information content (AvgIpc) is 3.13. The second-order valence-electron chi connectivity index (χ2n) is 14.0. The van der Waals surface area contributed by atoms with Gasteiger partial charge in [0, 0.05) is 57.2 Å². The van der Waals surface area contributed by atoms with Crippen LogP contribution >= 0.6 is 0 Å². The monoisotopic (exact) mass is 718 g/mol. The maximum Gasteiger partial charge on any atom is 0.229 e. The third-order valence-corrected chi connectivity index (χ3v) is 9.74. The van der Waals surface area contributed by atoms with Crippen molar-refractivity contribution in [1.82, 2.24) is 0 Å². The fourth-order valence-electron chi connectivity index (χ4n) is 7.22. The van der Waals surface area contributed by atoms with Crippen molar-refractivity contribution in [3.05, 3.63) is 129 Å². The molecule has 0 unspecified atom stereocenters. The molecule has 10 heteroatoms. The molecule has 0 atom stereocenters. The van der Waals surface area contributed by atoms with Crippen molar-refractivity contribution in [3.8, 4) is 34.8 Å². The average molecular weight is 719 g/mol. The summed E-state index contributed by atoms with van der Waals surface area (Å²) < 4.78 is 0. The first-order valence-corrected chi connectivity index (χ1v) is 17.3. The number of carbonyl (C=O) groups excluding carboxylic acids is 2. The number of anilines is 2. The minimum Gasteiger partial charge on any atom is -0.507 e. The van der Waals surface area contributed by atoms with Gasteiger partial charge in [0.1, 0.15) is 11.5 Å². The fraction of sp³-hybridized carbons (Fsp3) is 0.182. The van der Waals surface area contributed by atoms with Crippen LogP contribution in [0.3, 0.4) is 0 Å². The van der Waals surface area contributed by atoms with Crippen LogP contribution in [-0.4, -0.2) is 32.0 Å². The summed E-state index contributed by atoms with van der Waals surface area (Å²) in [5.41, 5.74) is 5.32. The number of nitriles is 2. The maximum absolute atomic E-state index is 13.9. The number of aliphatic hydroxyl groups excluding tert-OH is 2. The van der Waals surface area contributed by atoms with E-state index in [2.05, 4.69) is 22.8 Å². The van der Waals surface area contributed by atoms with Crippen LogP contribution in [0.5, 0.6) is 11.5 Å². The summed E-state index contributed by atoms with van der Waals surface area (Å²) in [6.45, 7) is 10.8. The molecule has 2 aliphatic carbocycles. The number of aliphatic hydroxyl groups is 2. The summed E-state index contributed by atoms with van der Waals surface area (Å²) in [7, 11) is 0. The van der Waals surface area contributed by atoms with Crippen molar-refractivity contribution in [3.63, 3.8) is 0 Å². The highest BCUT2D eigenvalue weighted by Crippen LogP contribution is 2.53.